The van der Waals surface area contributed by atoms with Crippen molar-refractivity contribution in [2.75, 3.05) is 14.2 Å². The van der Waals surface area contributed by atoms with Crippen LogP contribution in [0.2, 0.25) is 0 Å². The van der Waals surface area contributed by atoms with E-state index < -0.39 is 5.97 Å². The molecule has 0 aliphatic carbocycles. The first-order valence-electron chi connectivity index (χ1n) is 6.74. The molecule has 6 heteroatoms. The molecule has 22 heavy (non-hydrogen) atoms. The second kappa shape index (κ2) is 5.96. The molecule has 0 aliphatic heterocycles. The lowest BCUT2D eigenvalue weighted by atomic mass is 9.98. The smallest absolute Gasteiger partial charge is 0.348 e. The van der Waals surface area contributed by atoms with Crippen molar-refractivity contribution >= 4 is 17.3 Å². The third-order valence-corrected chi connectivity index (χ3v) is 4.56. The van der Waals surface area contributed by atoms with E-state index in [9.17, 15) is 9.90 Å². The quantitative estimate of drug-likeness (QED) is 0.927. The molecule has 2 aromatic rings. The van der Waals surface area contributed by atoms with Gasteiger partial charge in [0.1, 0.15) is 16.4 Å². The van der Waals surface area contributed by atoms with Gasteiger partial charge in [0.2, 0.25) is 0 Å². The first-order chi connectivity index (χ1) is 10.3. The van der Waals surface area contributed by atoms with Crippen molar-refractivity contribution in [3.8, 4) is 22.8 Å². The Morgan fingerprint density at radius 1 is 1.14 bits per heavy atom. The number of rotatable bonds is 4. The number of thiazole rings is 1. The van der Waals surface area contributed by atoms with Crippen molar-refractivity contribution in [1.82, 2.24) is 4.98 Å². The Balaban J connectivity index is 2.65. The summed E-state index contributed by atoms with van der Waals surface area (Å²) in [5.41, 5.74) is 0.899. The maximum atomic E-state index is 11.6. The molecule has 5 nitrogen and oxygen atoms in total. The van der Waals surface area contributed by atoms with Gasteiger partial charge in [-0.15, -0.1) is 11.3 Å². The molecular weight excluding hydrogens is 302 g/mol. The molecule has 118 valence electrons. The lowest BCUT2D eigenvalue weighted by Gasteiger charge is -2.13. The minimum atomic E-state index is -0.982. The van der Waals surface area contributed by atoms with Crippen molar-refractivity contribution in [1.29, 1.82) is 0 Å². The highest BCUT2D eigenvalue weighted by molar-refractivity contribution is 7.14. The Morgan fingerprint density at radius 3 is 2.09 bits per heavy atom. The minimum Gasteiger partial charge on any atom is -0.497 e. The molecule has 0 atom stereocenters. The Labute approximate surface area is 133 Å². The zero-order valence-electron chi connectivity index (χ0n) is 13.3. The molecule has 1 N–H and O–H groups in total. The lowest BCUT2D eigenvalue weighted by molar-refractivity contribution is 0.0702. The van der Waals surface area contributed by atoms with E-state index in [2.05, 4.69) is 4.98 Å². The first kappa shape index (κ1) is 16.3. The van der Waals surface area contributed by atoms with E-state index in [1.54, 1.807) is 32.4 Å². The van der Waals surface area contributed by atoms with Crippen molar-refractivity contribution in [3.63, 3.8) is 0 Å². The van der Waals surface area contributed by atoms with Gasteiger partial charge in [-0.2, -0.15) is 0 Å². The largest absolute Gasteiger partial charge is 0.497 e. The average molecular weight is 321 g/mol. The molecule has 0 saturated carbocycles. The summed E-state index contributed by atoms with van der Waals surface area (Å²) in [5, 5.41) is 10.2. The standard InChI is InChI=1S/C16H19NO4S/c1-16(2,3)15-17-12(13(22-15)14(18)19)9-6-10(20-4)8-11(7-9)21-5/h6-8H,1-5H3,(H,18,19). The number of nitrogens with zero attached hydrogens (tertiary/aromatic N) is 1. The van der Waals surface area contributed by atoms with Gasteiger partial charge in [0.25, 0.3) is 0 Å². The summed E-state index contributed by atoms with van der Waals surface area (Å²) in [4.78, 5) is 16.3. The van der Waals surface area contributed by atoms with Crippen molar-refractivity contribution in [3.05, 3.63) is 28.1 Å². The molecule has 0 bridgehead atoms. The van der Waals surface area contributed by atoms with Gasteiger partial charge in [-0.05, 0) is 12.1 Å². The van der Waals surface area contributed by atoms with Crippen LogP contribution in [-0.4, -0.2) is 30.3 Å². The van der Waals surface area contributed by atoms with Gasteiger partial charge < -0.3 is 14.6 Å². The first-order valence-corrected chi connectivity index (χ1v) is 7.56. The normalized spacial score (nSPS) is 11.3. The zero-order chi connectivity index (χ0) is 16.5. The number of methoxy groups -OCH3 is 2. The zero-order valence-corrected chi connectivity index (χ0v) is 14.1. The van der Waals surface area contributed by atoms with Crippen LogP contribution in [0.3, 0.4) is 0 Å². The minimum absolute atomic E-state index is 0.212. The molecule has 0 unspecified atom stereocenters. The molecule has 0 spiro atoms. The van der Waals surface area contributed by atoms with Gasteiger partial charge in [0.15, 0.2) is 0 Å². The molecular formula is C16H19NO4S. The van der Waals surface area contributed by atoms with Crippen LogP contribution in [0.15, 0.2) is 18.2 Å². The summed E-state index contributed by atoms with van der Waals surface area (Å²) in [6, 6.07) is 5.26. The van der Waals surface area contributed by atoms with Gasteiger partial charge in [0.05, 0.1) is 24.9 Å². The third-order valence-electron chi connectivity index (χ3n) is 3.09. The van der Waals surface area contributed by atoms with Crippen LogP contribution in [0.5, 0.6) is 11.5 Å². The number of carboxylic acid groups (broad SMARTS) is 1. The summed E-state index contributed by atoms with van der Waals surface area (Å²) in [6.45, 7) is 6.02. The maximum absolute atomic E-state index is 11.6. The van der Waals surface area contributed by atoms with Crippen LogP contribution in [0, 0.1) is 0 Å². The van der Waals surface area contributed by atoms with E-state index in [1.165, 1.54) is 11.3 Å². The lowest BCUT2D eigenvalue weighted by Crippen LogP contribution is -2.10. The second-order valence-corrected chi connectivity index (χ2v) is 6.85. The number of carboxylic acids is 1. The van der Waals surface area contributed by atoms with Crippen LogP contribution in [0.4, 0.5) is 0 Å². The van der Waals surface area contributed by atoms with Crippen molar-refractivity contribution in [2.24, 2.45) is 0 Å². The van der Waals surface area contributed by atoms with E-state index in [4.69, 9.17) is 9.47 Å². The van der Waals surface area contributed by atoms with Crippen molar-refractivity contribution < 1.29 is 19.4 Å². The third kappa shape index (κ3) is 3.22. The topological polar surface area (TPSA) is 68.7 Å². The van der Waals surface area contributed by atoms with E-state index in [0.29, 0.717) is 22.8 Å². The predicted molar refractivity (Wildman–Crippen MR) is 86.3 cm³/mol. The van der Waals surface area contributed by atoms with E-state index in [-0.39, 0.29) is 10.3 Å². The fourth-order valence-electron chi connectivity index (χ4n) is 1.93. The highest BCUT2D eigenvalue weighted by Gasteiger charge is 2.25. The van der Waals surface area contributed by atoms with Gasteiger partial charge in [0, 0.05) is 17.0 Å². The monoisotopic (exact) mass is 321 g/mol. The number of carbonyl (C=O) groups is 1. The molecule has 2 rings (SSSR count). The van der Waals surface area contributed by atoms with Crippen molar-refractivity contribution in [2.45, 2.75) is 26.2 Å². The van der Waals surface area contributed by atoms with Gasteiger partial charge in [-0.1, -0.05) is 20.8 Å². The number of hydrogen-bond donors (Lipinski definition) is 1. The Hall–Kier alpha value is -2.08. The van der Waals surface area contributed by atoms with Crippen LogP contribution in [-0.2, 0) is 5.41 Å². The molecule has 1 aromatic heterocycles. The molecule has 1 heterocycles. The molecule has 0 amide bonds. The van der Waals surface area contributed by atoms with Gasteiger partial charge in [-0.3, -0.25) is 0 Å². The van der Waals surface area contributed by atoms with Gasteiger partial charge in [-0.25, -0.2) is 9.78 Å². The van der Waals surface area contributed by atoms with E-state index in [1.807, 2.05) is 20.8 Å². The number of benzene rings is 1. The summed E-state index contributed by atoms with van der Waals surface area (Å²) in [6.07, 6.45) is 0. The predicted octanol–water partition coefficient (Wildman–Crippen LogP) is 3.82. The molecule has 0 saturated heterocycles. The van der Waals surface area contributed by atoms with Crippen LogP contribution >= 0.6 is 11.3 Å². The molecule has 0 fully saturated rings. The Kier molecular flexibility index (Phi) is 4.42. The molecule has 1 aromatic carbocycles. The van der Waals surface area contributed by atoms with E-state index in [0.717, 1.165) is 5.01 Å². The van der Waals surface area contributed by atoms with Gasteiger partial charge >= 0.3 is 5.97 Å². The summed E-state index contributed by atoms with van der Waals surface area (Å²) < 4.78 is 10.5. The molecule has 0 radical (unpaired) electrons. The van der Waals surface area contributed by atoms with Crippen LogP contribution in [0.25, 0.3) is 11.3 Å². The highest BCUT2D eigenvalue weighted by Crippen LogP contribution is 2.37. The fraction of sp³-hybridized carbons (Fsp3) is 0.375. The number of ether oxygens (including phenoxy) is 2. The number of aromatic carboxylic acids is 1. The summed E-state index contributed by atoms with van der Waals surface area (Å²) in [5.74, 6) is 0.205. The highest BCUT2D eigenvalue weighted by atomic mass is 32.1. The van der Waals surface area contributed by atoms with Crippen LogP contribution < -0.4 is 9.47 Å². The van der Waals surface area contributed by atoms with Crippen LogP contribution in [0.1, 0.15) is 35.5 Å². The Bertz CT molecular complexity index is 678. The fourth-order valence-corrected chi connectivity index (χ4v) is 2.91. The van der Waals surface area contributed by atoms with E-state index >= 15 is 0 Å². The maximum Gasteiger partial charge on any atom is 0.348 e. The molecule has 0 aliphatic rings. The second-order valence-electron chi connectivity index (χ2n) is 5.85. The number of hydrogen-bond acceptors (Lipinski definition) is 5. The average Bonchev–Trinajstić information content (AvgIpc) is 2.92. The SMILES string of the molecule is COc1cc(OC)cc(-c2nc(C(C)(C)C)sc2C(=O)O)c1. The number of aromatic nitrogens is 1. The Morgan fingerprint density at radius 2 is 1.68 bits per heavy atom. The summed E-state index contributed by atoms with van der Waals surface area (Å²) in [7, 11) is 3.11. The summed E-state index contributed by atoms with van der Waals surface area (Å²) >= 11 is 1.20.